The first-order valence-corrected chi connectivity index (χ1v) is 7.63. The van der Waals surface area contributed by atoms with Crippen molar-refractivity contribution >= 4 is 17.3 Å². The first-order valence-electron chi connectivity index (χ1n) is 7.25. The fourth-order valence-electron chi connectivity index (χ4n) is 2.81. The Bertz CT molecular complexity index is 684. The SMILES string of the molecule is C[C@H]1CCCN(c2cnn(-c3ccccc3)c(=O)c2Cl)C1. The van der Waals surface area contributed by atoms with Crippen LogP contribution in [0, 0.1) is 5.92 Å². The first kappa shape index (κ1) is 14.1. The van der Waals surface area contributed by atoms with Crippen LogP contribution in [-0.4, -0.2) is 22.9 Å². The third-order valence-electron chi connectivity index (χ3n) is 3.90. The van der Waals surface area contributed by atoms with E-state index in [1.165, 1.54) is 11.1 Å². The fourth-order valence-corrected chi connectivity index (χ4v) is 3.05. The molecule has 1 aromatic heterocycles. The van der Waals surface area contributed by atoms with Crippen LogP contribution in [0.3, 0.4) is 0 Å². The molecule has 2 heterocycles. The maximum Gasteiger partial charge on any atom is 0.292 e. The predicted octanol–water partition coefficient (Wildman–Crippen LogP) is 3.12. The highest BCUT2D eigenvalue weighted by Gasteiger charge is 2.21. The van der Waals surface area contributed by atoms with Crippen molar-refractivity contribution in [1.82, 2.24) is 9.78 Å². The molecule has 1 fully saturated rings. The molecule has 1 aliphatic rings. The molecule has 0 radical (unpaired) electrons. The highest BCUT2D eigenvalue weighted by molar-refractivity contribution is 6.33. The molecule has 0 saturated carbocycles. The zero-order chi connectivity index (χ0) is 14.8. The molecular weight excluding hydrogens is 286 g/mol. The van der Waals surface area contributed by atoms with Crippen LogP contribution in [0.2, 0.25) is 5.02 Å². The van der Waals surface area contributed by atoms with Crippen LogP contribution in [0.1, 0.15) is 19.8 Å². The second-order valence-electron chi connectivity index (χ2n) is 5.59. The van der Waals surface area contributed by atoms with E-state index in [4.69, 9.17) is 11.6 Å². The molecule has 0 N–H and O–H groups in total. The number of aromatic nitrogens is 2. The lowest BCUT2D eigenvalue weighted by Crippen LogP contribution is -2.36. The molecule has 5 heteroatoms. The standard InChI is InChI=1S/C16H18ClN3O/c1-12-6-5-9-19(11-12)14-10-18-20(16(21)15(14)17)13-7-3-2-4-8-13/h2-4,7-8,10,12H,5-6,9,11H2,1H3/t12-/m0/s1. The summed E-state index contributed by atoms with van der Waals surface area (Å²) in [6.45, 7) is 4.08. The summed E-state index contributed by atoms with van der Waals surface area (Å²) >= 11 is 6.31. The number of rotatable bonds is 2. The number of hydrogen-bond acceptors (Lipinski definition) is 3. The summed E-state index contributed by atoms with van der Waals surface area (Å²) in [5.74, 6) is 0.617. The van der Waals surface area contributed by atoms with E-state index in [9.17, 15) is 4.79 Å². The Hall–Kier alpha value is -1.81. The quantitative estimate of drug-likeness (QED) is 0.855. The van der Waals surface area contributed by atoms with Gasteiger partial charge in [-0.2, -0.15) is 9.78 Å². The number of anilines is 1. The lowest BCUT2D eigenvalue weighted by Gasteiger charge is -2.32. The van der Waals surface area contributed by atoms with Crippen molar-refractivity contribution in [1.29, 1.82) is 0 Å². The summed E-state index contributed by atoms with van der Waals surface area (Å²) in [6, 6.07) is 9.33. The van der Waals surface area contributed by atoms with Crippen LogP contribution in [0.15, 0.2) is 41.3 Å². The minimum Gasteiger partial charge on any atom is -0.369 e. The molecule has 21 heavy (non-hydrogen) atoms. The van der Waals surface area contributed by atoms with Crippen molar-refractivity contribution in [3.05, 3.63) is 51.9 Å². The Morgan fingerprint density at radius 3 is 2.76 bits per heavy atom. The topological polar surface area (TPSA) is 38.1 Å². The van der Waals surface area contributed by atoms with Gasteiger partial charge in [-0.05, 0) is 30.9 Å². The summed E-state index contributed by atoms with van der Waals surface area (Å²) in [5, 5.41) is 4.54. The van der Waals surface area contributed by atoms with E-state index in [2.05, 4.69) is 16.9 Å². The lowest BCUT2D eigenvalue weighted by atomic mass is 10.00. The number of hydrogen-bond donors (Lipinski definition) is 0. The Kier molecular flexibility index (Phi) is 3.97. The molecule has 3 rings (SSSR count). The van der Waals surface area contributed by atoms with Gasteiger partial charge in [0.15, 0.2) is 0 Å². The number of benzene rings is 1. The highest BCUT2D eigenvalue weighted by atomic mass is 35.5. The second kappa shape index (κ2) is 5.90. The molecule has 4 nitrogen and oxygen atoms in total. The van der Waals surface area contributed by atoms with E-state index in [-0.39, 0.29) is 10.6 Å². The number of piperidine rings is 1. The van der Waals surface area contributed by atoms with Gasteiger partial charge >= 0.3 is 0 Å². The van der Waals surface area contributed by atoms with Crippen LogP contribution in [0.25, 0.3) is 5.69 Å². The average Bonchev–Trinajstić information content (AvgIpc) is 2.51. The van der Waals surface area contributed by atoms with Crippen molar-refractivity contribution < 1.29 is 0 Å². The Morgan fingerprint density at radius 2 is 2.05 bits per heavy atom. The zero-order valence-electron chi connectivity index (χ0n) is 12.0. The minimum absolute atomic E-state index is 0.253. The van der Waals surface area contributed by atoms with Crippen LogP contribution in [0.4, 0.5) is 5.69 Å². The summed E-state index contributed by atoms with van der Waals surface area (Å²) < 4.78 is 1.35. The van der Waals surface area contributed by atoms with Crippen molar-refractivity contribution in [2.45, 2.75) is 19.8 Å². The molecule has 0 amide bonds. The van der Waals surface area contributed by atoms with Gasteiger partial charge in [0.05, 0.1) is 17.6 Å². The monoisotopic (exact) mass is 303 g/mol. The number of nitrogens with zero attached hydrogens (tertiary/aromatic N) is 3. The summed E-state index contributed by atoms with van der Waals surface area (Å²) in [7, 11) is 0. The summed E-state index contributed by atoms with van der Waals surface area (Å²) in [6.07, 6.45) is 4.05. The van der Waals surface area contributed by atoms with E-state index in [1.807, 2.05) is 30.3 Å². The van der Waals surface area contributed by atoms with Gasteiger partial charge < -0.3 is 4.90 Å². The van der Waals surface area contributed by atoms with Gasteiger partial charge in [-0.15, -0.1) is 0 Å². The maximum absolute atomic E-state index is 12.5. The third-order valence-corrected chi connectivity index (χ3v) is 4.25. The minimum atomic E-state index is -0.265. The van der Waals surface area contributed by atoms with Gasteiger partial charge in [-0.3, -0.25) is 4.79 Å². The molecule has 1 atom stereocenters. The van der Waals surface area contributed by atoms with Crippen LogP contribution < -0.4 is 10.5 Å². The van der Waals surface area contributed by atoms with Crippen molar-refractivity contribution in [2.75, 3.05) is 18.0 Å². The molecule has 1 aliphatic heterocycles. The van der Waals surface area contributed by atoms with Crippen LogP contribution >= 0.6 is 11.6 Å². The summed E-state index contributed by atoms with van der Waals surface area (Å²) in [4.78, 5) is 14.6. The maximum atomic E-state index is 12.5. The van der Waals surface area contributed by atoms with E-state index in [0.717, 1.165) is 30.9 Å². The van der Waals surface area contributed by atoms with E-state index in [1.54, 1.807) is 6.20 Å². The van der Waals surface area contributed by atoms with Gasteiger partial charge in [0.2, 0.25) is 0 Å². The molecule has 1 saturated heterocycles. The number of para-hydroxylation sites is 1. The van der Waals surface area contributed by atoms with Crippen molar-refractivity contribution in [2.24, 2.45) is 5.92 Å². The predicted molar refractivity (Wildman–Crippen MR) is 85.5 cm³/mol. The normalized spacial score (nSPS) is 18.8. The molecule has 2 aromatic rings. The molecule has 0 spiro atoms. The van der Waals surface area contributed by atoms with E-state index >= 15 is 0 Å². The number of halogens is 1. The van der Waals surface area contributed by atoms with Gasteiger partial charge in [0.1, 0.15) is 5.02 Å². The first-order chi connectivity index (χ1) is 10.2. The Morgan fingerprint density at radius 1 is 1.29 bits per heavy atom. The van der Waals surface area contributed by atoms with Crippen LogP contribution in [0.5, 0.6) is 0 Å². The molecule has 1 aromatic carbocycles. The molecule has 0 unspecified atom stereocenters. The highest BCUT2D eigenvalue weighted by Crippen LogP contribution is 2.26. The van der Waals surface area contributed by atoms with Gasteiger partial charge in [0.25, 0.3) is 5.56 Å². The largest absolute Gasteiger partial charge is 0.369 e. The Labute approximate surface area is 129 Å². The zero-order valence-corrected chi connectivity index (χ0v) is 12.8. The van der Waals surface area contributed by atoms with Gasteiger partial charge in [0, 0.05) is 13.1 Å². The van der Waals surface area contributed by atoms with E-state index < -0.39 is 0 Å². The summed E-state index contributed by atoms with van der Waals surface area (Å²) in [5.41, 5.74) is 1.21. The van der Waals surface area contributed by atoms with Gasteiger partial charge in [-0.25, -0.2) is 0 Å². The third kappa shape index (κ3) is 2.81. The van der Waals surface area contributed by atoms with Crippen molar-refractivity contribution in [3.63, 3.8) is 0 Å². The molecular formula is C16H18ClN3O. The average molecular weight is 304 g/mol. The molecule has 0 aliphatic carbocycles. The van der Waals surface area contributed by atoms with Crippen molar-refractivity contribution in [3.8, 4) is 5.69 Å². The fraction of sp³-hybridized carbons (Fsp3) is 0.375. The van der Waals surface area contributed by atoms with E-state index in [0.29, 0.717) is 5.92 Å². The molecule has 0 bridgehead atoms. The smallest absolute Gasteiger partial charge is 0.292 e. The Balaban J connectivity index is 1.99. The molecule has 110 valence electrons. The van der Waals surface area contributed by atoms with Crippen LogP contribution in [-0.2, 0) is 0 Å². The lowest BCUT2D eigenvalue weighted by molar-refractivity contribution is 0.446. The second-order valence-corrected chi connectivity index (χ2v) is 5.97. The van der Waals surface area contributed by atoms with Gasteiger partial charge in [-0.1, -0.05) is 36.7 Å².